The number of benzene rings is 2. The van der Waals surface area contributed by atoms with Crippen LogP contribution in [0.4, 0.5) is 5.69 Å². The number of hydrogen-bond acceptors (Lipinski definition) is 5. The lowest BCUT2D eigenvalue weighted by Crippen LogP contribution is -2.33. The molecule has 2 aromatic carbocycles. The van der Waals surface area contributed by atoms with Crippen LogP contribution < -0.4 is 14.2 Å². The number of sulfonamides is 1. The van der Waals surface area contributed by atoms with Crippen molar-refractivity contribution >= 4 is 15.7 Å². The summed E-state index contributed by atoms with van der Waals surface area (Å²) in [6.07, 6.45) is -0.216. The highest BCUT2D eigenvalue weighted by Gasteiger charge is 2.22. The first-order chi connectivity index (χ1) is 11.5. The van der Waals surface area contributed by atoms with Gasteiger partial charge in [-0.3, -0.25) is 4.72 Å². The van der Waals surface area contributed by atoms with Crippen molar-refractivity contribution in [3.63, 3.8) is 0 Å². The van der Waals surface area contributed by atoms with E-state index in [2.05, 4.69) is 4.72 Å². The van der Waals surface area contributed by atoms with Gasteiger partial charge in [-0.1, -0.05) is 17.7 Å². The maximum atomic E-state index is 12.4. The lowest BCUT2D eigenvalue weighted by Gasteiger charge is -2.26. The lowest BCUT2D eigenvalue weighted by atomic mass is 10.2. The molecule has 0 radical (unpaired) electrons. The minimum Gasteiger partial charge on any atom is -0.486 e. The van der Waals surface area contributed by atoms with Gasteiger partial charge in [0.2, 0.25) is 0 Å². The van der Waals surface area contributed by atoms with Gasteiger partial charge in [-0.05, 0) is 31.2 Å². The fraction of sp³-hybridized carbons (Fsp3) is 0.294. The second-order valence-corrected chi connectivity index (χ2v) is 7.27. The summed E-state index contributed by atoms with van der Waals surface area (Å²) in [7, 11) is -2.06. The number of hydrogen-bond donors (Lipinski definition) is 1. The fourth-order valence-corrected chi connectivity index (χ4v) is 3.43. The van der Waals surface area contributed by atoms with E-state index >= 15 is 0 Å². The zero-order valence-electron chi connectivity index (χ0n) is 13.5. The summed E-state index contributed by atoms with van der Waals surface area (Å²) in [5, 5.41) is 0. The van der Waals surface area contributed by atoms with Gasteiger partial charge >= 0.3 is 0 Å². The summed E-state index contributed by atoms with van der Waals surface area (Å²) in [6.45, 7) is 2.70. The third kappa shape index (κ3) is 3.63. The van der Waals surface area contributed by atoms with Crippen LogP contribution in [0.2, 0.25) is 0 Å². The molecule has 3 rings (SSSR count). The van der Waals surface area contributed by atoms with E-state index < -0.39 is 10.0 Å². The maximum absolute atomic E-state index is 12.4. The Morgan fingerprint density at radius 3 is 2.62 bits per heavy atom. The van der Waals surface area contributed by atoms with Crippen LogP contribution in [0.3, 0.4) is 0 Å². The van der Waals surface area contributed by atoms with Crippen LogP contribution in [-0.2, 0) is 14.8 Å². The van der Waals surface area contributed by atoms with Crippen molar-refractivity contribution in [3.8, 4) is 11.5 Å². The van der Waals surface area contributed by atoms with Crippen LogP contribution in [0, 0.1) is 6.92 Å². The Labute approximate surface area is 141 Å². The van der Waals surface area contributed by atoms with E-state index in [0.717, 1.165) is 5.56 Å². The monoisotopic (exact) mass is 349 g/mol. The molecular formula is C17H19NO5S. The summed E-state index contributed by atoms with van der Waals surface area (Å²) in [4.78, 5) is 0.209. The van der Waals surface area contributed by atoms with Crippen molar-refractivity contribution in [2.45, 2.75) is 17.9 Å². The number of methoxy groups -OCH3 is 1. The number of fused-ring (bicyclic) bond motifs is 1. The largest absolute Gasteiger partial charge is 0.486 e. The third-order valence-corrected chi connectivity index (χ3v) is 5.00. The maximum Gasteiger partial charge on any atom is 0.261 e. The molecule has 1 heterocycles. The fourth-order valence-electron chi connectivity index (χ4n) is 2.38. The average Bonchev–Trinajstić information content (AvgIpc) is 2.55. The normalized spacial score (nSPS) is 16.7. The first-order valence-corrected chi connectivity index (χ1v) is 8.98. The zero-order chi connectivity index (χ0) is 17.2. The number of rotatable bonds is 5. The minimum absolute atomic E-state index is 0.209. The Morgan fingerprint density at radius 2 is 1.92 bits per heavy atom. The molecule has 0 fully saturated rings. The average molecular weight is 349 g/mol. The van der Waals surface area contributed by atoms with E-state index in [4.69, 9.17) is 14.2 Å². The minimum atomic E-state index is -3.65. The van der Waals surface area contributed by atoms with Gasteiger partial charge in [-0.15, -0.1) is 0 Å². The predicted octanol–water partition coefficient (Wildman–Crippen LogP) is 2.58. The van der Waals surface area contributed by atoms with Gasteiger partial charge < -0.3 is 14.2 Å². The summed E-state index contributed by atoms with van der Waals surface area (Å²) in [5.41, 5.74) is 1.41. The first kappa shape index (κ1) is 16.6. The van der Waals surface area contributed by atoms with Crippen molar-refractivity contribution in [2.75, 3.05) is 25.0 Å². The molecule has 0 saturated carbocycles. The first-order valence-electron chi connectivity index (χ1n) is 7.50. The summed E-state index contributed by atoms with van der Waals surface area (Å²) < 4.78 is 43.9. The molecule has 0 saturated heterocycles. The standard InChI is InChI=1S/C17H19NO5S/c1-12-3-6-15(7-4-12)24(19,20)18-13-5-8-16-17(9-13)23-14(10-21-2)11-22-16/h3-9,14,18H,10-11H2,1-2H3. The molecule has 1 aliphatic heterocycles. The van der Waals surface area contributed by atoms with E-state index in [0.29, 0.717) is 30.4 Å². The SMILES string of the molecule is COCC1COc2ccc(NS(=O)(=O)c3ccc(C)cc3)cc2O1. The van der Waals surface area contributed by atoms with Crippen molar-refractivity contribution in [1.29, 1.82) is 0 Å². The molecule has 7 heteroatoms. The Balaban J connectivity index is 1.81. The molecule has 1 atom stereocenters. The van der Waals surface area contributed by atoms with Crippen molar-refractivity contribution in [3.05, 3.63) is 48.0 Å². The molecular weight excluding hydrogens is 330 g/mol. The van der Waals surface area contributed by atoms with Gasteiger partial charge in [0.1, 0.15) is 6.61 Å². The van der Waals surface area contributed by atoms with Gasteiger partial charge in [-0.2, -0.15) is 0 Å². The molecule has 0 aliphatic carbocycles. The molecule has 2 aromatic rings. The van der Waals surface area contributed by atoms with Crippen LogP contribution in [0.25, 0.3) is 0 Å². The van der Waals surface area contributed by atoms with Gasteiger partial charge in [0.05, 0.1) is 17.2 Å². The van der Waals surface area contributed by atoms with Gasteiger partial charge in [0.25, 0.3) is 10.0 Å². The number of aryl methyl sites for hydroxylation is 1. The quantitative estimate of drug-likeness (QED) is 0.898. The molecule has 0 amide bonds. The van der Waals surface area contributed by atoms with Gasteiger partial charge in [-0.25, -0.2) is 8.42 Å². The van der Waals surface area contributed by atoms with Crippen molar-refractivity contribution in [1.82, 2.24) is 0 Å². The van der Waals surface area contributed by atoms with E-state index in [1.54, 1.807) is 49.6 Å². The van der Waals surface area contributed by atoms with Crippen LogP contribution >= 0.6 is 0 Å². The molecule has 0 aromatic heterocycles. The molecule has 0 spiro atoms. The van der Waals surface area contributed by atoms with Crippen molar-refractivity contribution in [2.24, 2.45) is 0 Å². The number of ether oxygens (including phenoxy) is 3. The summed E-state index contributed by atoms with van der Waals surface area (Å²) in [6, 6.07) is 11.6. The van der Waals surface area contributed by atoms with E-state index in [1.807, 2.05) is 6.92 Å². The van der Waals surface area contributed by atoms with Crippen LogP contribution in [0.1, 0.15) is 5.56 Å². The van der Waals surface area contributed by atoms with Crippen LogP contribution in [0.5, 0.6) is 11.5 Å². The van der Waals surface area contributed by atoms with Gasteiger partial charge in [0, 0.05) is 13.2 Å². The second-order valence-electron chi connectivity index (χ2n) is 5.59. The Hall–Kier alpha value is -2.25. The topological polar surface area (TPSA) is 73.9 Å². The third-order valence-electron chi connectivity index (χ3n) is 3.60. The molecule has 1 unspecified atom stereocenters. The van der Waals surface area contributed by atoms with Gasteiger partial charge in [0.15, 0.2) is 17.6 Å². The smallest absolute Gasteiger partial charge is 0.261 e. The summed E-state index contributed by atoms with van der Waals surface area (Å²) in [5.74, 6) is 1.08. The number of anilines is 1. The van der Waals surface area contributed by atoms with E-state index in [1.165, 1.54) is 0 Å². The van der Waals surface area contributed by atoms with Crippen molar-refractivity contribution < 1.29 is 22.6 Å². The molecule has 6 nitrogen and oxygen atoms in total. The van der Waals surface area contributed by atoms with E-state index in [-0.39, 0.29) is 11.0 Å². The Morgan fingerprint density at radius 1 is 1.17 bits per heavy atom. The predicted molar refractivity (Wildman–Crippen MR) is 90.2 cm³/mol. The molecule has 1 N–H and O–H groups in total. The molecule has 1 aliphatic rings. The second kappa shape index (κ2) is 6.70. The zero-order valence-corrected chi connectivity index (χ0v) is 14.3. The Kier molecular flexibility index (Phi) is 4.64. The van der Waals surface area contributed by atoms with Crippen LogP contribution in [0.15, 0.2) is 47.4 Å². The highest BCUT2D eigenvalue weighted by Crippen LogP contribution is 2.34. The lowest BCUT2D eigenvalue weighted by molar-refractivity contribution is 0.0273. The Bertz CT molecular complexity index is 817. The highest BCUT2D eigenvalue weighted by molar-refractivity contribution is 7.92. The molecule has 24 heavy (non-hydrogen) atoms. The summed E-state index contributed by atoms with van der Waals surface area (Å²) >= 11 is 0. The molecule has 0 bridgehead atoms. The molecule has 128 valence electrons. The highest BCUT2D eigenvalue weighted by atomic mass is 32.2. The van der Waals surface area contributed by atoms with Crippen LogP contribution in [-0.4, -0.2) is 34.8 Å². The number of nitrogens with one attached hydrogen (secondary N) is 1. The van der Waals surface area contributed by atoms with E-state index in [9.17, 15) is 8.42 Å².